The van der Waals surface area contributed by atoms with E-state index in [9.17, 15) is 9.59 Å². The van der Waals surface area contributed by atoms with Gasteiger partial charge in [-0.15, -0.1) is 22.7 Å². The third kappa shape index (κ3) is 3.77. The zero-order chi connectivity index (χ0) is 17.1. The quantitative estimate of drug-likeness (QED) is 0.757. The summed E-state index contributed by atoms with van der Waals surface area (Å²) in [7, 11) is 1.52. The zero-order valence-corrected chi connectivity index (χ0v) is 14.9. The molecule has 1 N–H and O–H groups in total. The van der Waals surface area contributed by atoms with Gasteiger partial charge in [0.2, 0.25) is 0 Å². The van der Waals surface area contributed by atoms with Crippen LogP contribution in [0.15, 0.2) is 34.4 Å². The first-order chi connectivity index (χ1) is 11.5. The lowest BCUT2D eigenvalue weighted by Crippen LogP contribution is -2.29. The first-order valence-corrected chi connectivity index (χ1v) is 9.06. The summed E-state index contributed by atoms with van der Waals surface area (Å²) in [5.74, 6) is -0.280. The number of rotatable bonds is 5. The molecule has 0 atom stereocenters. The molecule has 0 saturated heterocycles. The van der Waals surface area contributed by atoms with Crippen LogP contribution in [0.5, 0.6) is 0 Å². The molecule has 0 saturated carbocycles. The highest BCUT2D eigenvalue weighted by Gasteiger charge is 2.09. The molecule has 0 aliphatic heterocycles. The normalized spacial score (nSPS) is 10.8. The third-order valence-electron chi connectivity index (χ3n) is 3.38. The number of nitrogens with zero attached hydrogens (tertiary/aromatic N) is 3. The molecule has 6 nitrogen and oxygen atoms in total. The summed E-state index contributed by atoms with van der Waals surface area (Å²) >= 11 is 3.32. The second-order valence-electron chi connectivity index (χ2n) is 5.20. The van der Waals surface area contributed by atoms with Crippen LogP contribution in [0.1, 0.15) is 20.4 Å². The lowest BCUT2D eigenvalue weighted by Gasteiger charge is -2.04. The van der Waals surface area contributed by atoms with E-state index in [4.69, 9.17) is 0 Å². The molecule has 0 spiro atoms. The Labute approximate surface area is 146 Å². The molecule has 0 bridgehead atoms. The molecular formula is C16H16N4O2S2. The van der Waals surface area contributed by atoms with Crippen LogP contribution in [0.4, 0.5) is 0 Å². The summed E-state index contributed by atoms with van der Waals surface area (Å²) in [4.78, 5) is 30.1. The topological polar surface area (TPSA) is 76.9 Å². The Morgan fingerprint density at radius 2 is 2.12 bits per heavy atom. The van der Waals surface area contributed by atoms with Crippen molar-refractivity contribution in [2.45, 2.75) is 13.3 Å². The molecule has 3 aromatic rings. The molecule has 0 aliphatic rings. The van der Waals surface area contributed by atoms with Gasteiger partial charge in [-0.2, -0.15) is 5.10 Å². The van der Waals surface area contributed by atoms with E-state index in [-0.39, 0.29) is 17.2 Å². The first-order valence-electron chi connectivity index (χ1n) is 7.37. The predicted molar refractivity (Wildman–Crippen MR) is 95.7 cm³/mol. The Bertz CT molecular complexity index is 926. The number of carbonyl (C=O) groups is 1. The van der Waals surface area contributed by atoms with Gasteiger partial charge in [0.05, 0.1) is 15.6 Å². The summed E-state index contributed by atoms with van der Waals surface area (Å²) in [6.45, 7) is 2.50. The second kappa shape index (κ2) is 7.06. The van der Waals surface area contributed by atoms with Crippen LogP contribution in [0, 0.1) is 6.92 Å². The van der Waals surface area contributed by atoms with Gasteiger partial charge < -0.3 is 5.32 Å². The van der Waals surface area contributed by atoms with Gasteiger partial charge in [0.1, 0.15) is 5.69 Å². The molecule has 1 amide bonds. The van der Waals surface area contributed by atoms with Crippen LogP contribution in [0.2, 0.25) is 0 Å². The van der Waals surface area contributed by atoms with Crippen molar-refractivity contribution in [3.05, 3.63) is 55.6 Å². The molecular weight excluding hydrogens is 344 g/mol. The van der Waals surface area contributed by atoms with Crippen LogP contribution < -0.4 is 10.9 Å². The van der Waals surface area contributed by atoms with E-state index in [2.05, 4.69) is 32.9 Å². The molecule has 8 heteroatoms. The average Bonchev–Trinajstić information content (AvgIpc) is 3.19. The molecule has 3 rings (SSSR count). The SMILES string of the molecule is Cc1nc(-c2ccc(CCNC(=O)c3ccc(=O)n(C)n3)s2)cs1. The number of amides is 1. The van der Waals surface area contributed by atoms with Crippen LogP contribution >= 0.6 is 22.7 Å². The highest BCUT2D eigenvalue weighted by molar-refractivity contribution is 7.16. The van der Waals surface area contributed by atoms with Crippen molar-refractivity contribution in [2.75, 3.05) is 6.54 Å². The summed E-state index contributed by atoms with van der Waals surface area (Å²) < 4.78 is 1.15. The fourth-order valence-corrected chi connectivity index (χ4v) is 3.80. The lowest BCUT2D eigenvalue weighted by atomic mass is 10.3. The molecule has 0 radical (unpaired) electrons. The zero-order valence-electron chi connectivity index (χ0n) is 13.3. The van der Waals surface area contributed by atoms with E-state index in [0.29, 0.717) is 6.54 Å². The summed E-state index contributed by atoms with van der Waals surface area (Å²) in [6, 6.07) is 6.89. The van der Waals surface area contributed by atoms with Gasteiger partial charge in [-0.25, -0.2) is 9.67 Å². The fourth-order valence-electron chi connectivity index (χ4n) is 2.14. The average molecular weight is 360 g/mol. The van der Waals surface area contributed by atoms with Gasteiger partial charge in [0.15, 0.2) is 0 Å². The maximum Gasteiger partial charge on any atom is 0.271 e. The van der Waals surface area contributed by atoms with Crippen molar-refractivity contribution in [1.29, 1.82) is 0 Å². The number of thiazole rings is 1. The van der Waals surface area contributed by atoms with E-state index in [1.807, 2.05) is 6.92 Å². The van der Waals surface area contributed by atoms with Crippen molar-refractivity contribution in [3.8, 4) is 10.6 Å². The van der Waals surface area contributed by atoms with Crippen molar-refractivity contribution in [1.82, 2.24) is 20.1 Å². The third-order valence-corrected chi connectivity index (χ3v) is 5.32. The molecule has 124 valence electrons. The summed E-state index contributed by atoms with van der Waals surface area (Å²) in [5, 5.41) is 9.86. The minimum atomic E-state index is -0.280. The Hall–Kier alpha value is -2.32. The number of hydrogen-bond acceptors (Lipinski definition) is 6. The monoisotopic (exact) mass is 360 g/mol. The molecule has 0 aromatic carbocycles. The lowest BCUT2D eigenvalue weighted by molar-refractivity contribution is 0.0947. The van der Waals surface area contributed by atoms with Crippen LogP contribution in [-0.4, -0.2) is 27.2 Å². The number of hydrogen-bond donors (Lipinski definition) is 1. The van der Waals surface area contributed by atoms with Crippen LogP contribution in [-0.2, 0) is 13.5 Å². The Morgan fingerprint density at radius 1 is 1.29 bits per heavy atom. The van der Waals surface area contributed by atoms with E-state index >= 15 is 0 Å². The highest BCUT2D eigenvalue weighted by atomic mass is 32.1. The minimum absolute atomic E-state index is 0.238. The van der Waals surface area contributed by atoms with Crippen molar-refractivity contribution >= 4 is 28.6 Å². The maximum atomic E-state index is 12.0. The summed E-state index contributed by atoms with van der Waals surface area (Å²) in [6.07, 6.45) is 0.741. The van der Waals surface area contributed by atoms with Crippen LogP contribution in [0.3, 0.4) is 0 Å². The van der Waals surface area contributed by atoms with Crippen molar-refractivity contribution in [2.24, 2.45) is 7.05 Å². The molecule has 3 heterocycles. The highest BCUT2D eigenvalue weighted by Crippen LogP contribution is 2.29. The second-order valence-corrected chi connectivity index (χ2v) is 7.43. The van der Waals surface area contributed by atoms with Crippen molar-refractivity contribution < 1.29 is 4.79 Å². The number of nitrogens with one attached hydrogen (secondary N) is 1. The predicted octanol–water partition coefficient (Wildman–Crippen LogP) is 2.25. The molecule has 0 fully saturated rings. The molecule has 0 unspecified atom stereocenters. The van der Waals surface area contributed by atoms with Gasteiger partial charge in [-0.1, -0.05) is 0 Å². The van der Waals surface area contributed by atoms with Crippen molar-refractivity contribution in [3.63, 3.8) is 0 Å². The standard InChI is InChI=1S/C16H16N4O2S2/c1-10-18-13(9-23-10)14-5-3-11(24-14)7-8-17-16(22)12-4-6-15(21)20(2)19-12/h3-6,9H,7-8H2,1-2H3,(H,17,22). The first kappa shape index (κ1) is 16.5. The number of thiophene rings is 1. The smallest absolute Gasteiger partial charge is 0.271 e. The van der Waals surface area contributed by atoms with E-state index < -0.39 is 0 Å². The minimum Gasteiger partial charge on any atom is -0.350 e. The fraction of sp³-hybridized carbons (Fsp3) is 0.250. The maximum absolute atomic E-state index is 12.0. The molecule has 0 aliphatic carbocycles. The van der Waals surface area contributed by atoms with Gasteiger partial charge in [0.25, 0.3) is 11.5 Å². The number of aryl methyl sites for hydroxylation is 2. The molecule has 24 heavy (non-hydrogen) atoms. The van der Waals surface area contributed by atoms with Gasteiger partial charge in [-0.3, -0.25) is 9.59 Å². The largest absolute Gasteiger partial charge is 0.350 e. The van der Waals surface area contributed by atoms with Gasteiger partial charge in [-0.05, 0) is 31.5 Å². The Morgan fingerprint density at radius 3 is 2.83 bits per heavy atom. The van der Waals surface area contributed by atoms with E-state index in [1.165, 1.54) is 24.1 Å². The Balaban J connectivity index is 1.56. The van der Waals surface area contributed by atoms with Gasteiger partial charge in [0, 0.05) is 29.9 Å². The number of carbonyl (C=O) groups excluding carboxylic acids is 1. The van der Waals surface area contributed by atoms with Crippen LogP contribution in [0.25, 0.3) is 10.6 Å². The number of aromatic nitrogens is 3. The summed E-state index contributed by atoms with van der Waals surface area (Å²) in [5.41, 5.74) is 1.00. The van der Waals surface area contributed by atoms with E-state index in [0.717, 1.165) is 26.7 Å². The van der Waals surface area contributed by atoms with Gasteiger partial charge >= 0.3 is 0 Å². The van der Waals surface area contributed by atoms with E-state index in [1.54, 1.807) is 22.7 Å². The Kier molecular flexibility index (Phi) is 4.86. The molecule has 3 aromatic heterocycles.